The number of aromatic nitrogens is 2. The molecule has 0 saturated carbocycles. The van der Waals surface area contributed by atoms with Crippen molar-refractivity contribution in [3.05, 3.63) is 11.9 Å². The molecular formula is C9H14N4O. The van der Waals surface area contributed by atoms with E-state index in [1.165, 1.54) is 0 Å². The highest BCUT2D eigenvalue weighted by Crippen LogP contribution is 2.25. The van der Waals surface area contributed by atoms with Crippen LogP contribution in [0.4, 0.5) is 5.69 Å². The summed E-state index contributed by atoms with van der Waals surface area (Å²) in [5.74, 6) is -0.0287. The topological polar surface area (TPSA) is 64.2 Å². The maximum atomic E-state index is 11.5. The number of fused-ring (bicyclic) bond motifs is 1. The van der Waals surface area contributed by atoms with E-state index in [9.17, 15) is 4.79 Å². The molecule has 1 aromatic rings. The number of hydrogen-bond acceptors (Lipinski definition) is 3. The first kappa shape index (κ1) is 9.21. The number of amides is 1. The fourth-order valence-corrected chi connectivity index (χ4v) is 1.82. The van der Waals surface area contributed by atoms with Gasteiger partial charge < -0.3 is 10.6 Å². The monoisotopic (exact) mass is 194 g/mol. The zero-order chi connectivity index (χ0) is 10.1. The van der Waals surface area contributed by atoms with Crippen LogP contribution in [-0.4, -0.2) is 28.8 Å². The molecule has 0 fully saturated rings. The van der Waals surface area contributed by atoms with Crippen LogP contribution in [0.1, 0.15) is 12.1 Å². The van der Waals surface area contributed by atoms with Gasteiger partial charge in [0.05, 0.1) is 17.9 Å². The lowest BCUT2D eigenvalue weighted by Gasteiger charge is -2.25. The predicted octanol–water partition coefficient (Wildman–Crippen LogP) is -0.342. The molecule has 1 amide bonds. The largest absolute Gasteiger partial charge is 0.322 e. The average molecular weight is 194 g/mol. The van der Waals surface area contributed by atoms with E-state index in [0.29, 0.717) is 0 Å². The van der Waals surface area contributed by atoms with Gasteiger partial charge in [0.2, 0.25) is 5.91 Å². The Morgan fingerprint density at radius 1 is 1.71 bits per heavy atom. The van der Waals surface area contributed by atoms with E-state index in [-0.39, 0.29) is 12.5 Å². The predicted molar refractivity (Wildman–Crippen MR) is 52.9 cm³/mol. The Hall–Kier alpha value is -1.36. The molecular weight excluding hydrogens is 180 g/mol. The van der Waals surface area contributed by atoms with E-state index in [1.807, 2.05) is 13.2 Å². The molecule has 0 bridgehead atoms. The molecule has 2 heterocycles. The second kappa shape index (κ2) is 3.42. The molecule has 0 saturated heterocycles. The van der Waals surface area contributed by atoms with Crippen LogP contribution in [0.15, 0.2) is 6.20 Å². The summed E-state index contributed by atoms with van der Waals surface area (Å²) in [5.41, 5.74) is 7.27. The minimum atomic E-state index is -0.0287. The molecule has 2 N–H and O–H groups in total. The van der Waals surface area contributed by atoms with Crippen LogP contribution in [-0.2, 0) is 18.3 Å². The Kier molecular flexibility index (Phi) is 2.25. The molecule has 0 aliphatic carbocycles. The maximum absolute atomic E-state index is 11.5. The molecule has 0 spiro atoms. The molecule has 0 aromatic carbocycles. The number of carbonyl (C=O) groups excluding carboxylic acids is 1. The zero-order valence-corrected chi connectivity index (χ0v) is 8.23. The van der Waals surface area contributed by atoms with Gasteiger partial charge in [-0.25, -0.2) is 0 Å². The van der Waals surface area contributed by atoms with E-state index >= 15 is 0 Å². The van der Waals surface area contributed by atoms with Crippen molar-refractivity contribution in [1.82, 2.24) is 9.78 Å². The van der Waals surface area contributed by atoms with Crippen LogP contribution in [0.2, 0.25) is 0 Å². The van der Waals surface area contributed by atoms with Gasteiger partial charge in [-0.15, -0.1) is 0 Å². The second-order valence-electron chi connectivity index (χ2n) is 3.49. The van der Waals surface area contributed by atoms with Gasteiger partial charge in [-0.2, -0.15) is 5.10 Å². The quantitative estimate of drug-likeness (QED) is 0.665. The van der Waals surface area contributed by atoms with Crippen molar-refractivity contribution < 1.29 is 4.79 Å². The summed E-state index contributed by atoms with van der Waals surface area (Å²) in [6.45, 7) is 0.822. The molecule has 0 radical (unpaired) electrons. The van der Waals surface area contributed by atoms with E-state index in [4.69, 9.17) is 5.73 Å². The van der Waals surface area contributed by atoms with Gasteiger partial charge in [0.1, 0.15) is 0 Å². The first-order valence-electron chi connectivity index (χ1n) is 4.75. The van der Waals surface area contributed by atoms with Crippen molar-refractivity contribution in [2.24, 2.45) is 12.8 Å². The minimum absolute atomic E-state index is 0.0287. The van der Waals surface area contributed by atoms with Gasteiger partial charge in [-0.3, -0.25) is 9.48 Å². The Morgan fingerprint density at radius 3 is 3.21 bits per heavy atom. The minimum Gasteiger partial charge on any atom is -0.322 e. The molecule has 1 aliphatic heterocycles. The first-order chi connectivity index (χ1) is 6.72. The Balaban J connectivity index is 2.34. The van der Waals surface area contributed by atoms with E-state index in [2.05, 4.69) is 5.10 Å². The number of anilines is 1. The van der Waals surface area contributed by atoms with Crippen LogP contribution < -0.4 is 10.6 Å². The van der Waals surface area contributed by atoms with Crippen molar-refractivity contribution in [1.29, 1.82) is 0 Å². The summed E-state index contributed by atoms with van der Waals surface area (Å²) in [7, 11) is 1.86. The van der Waals surface area contributed by atoms with Gasteiger partial charge in [-0.05, 0) is 12.8 Å². The third kappa shape index (κ3) is 1.39. The first-order valence-corrected chi connectivity index (χ1v) is 4.75. The lowest BCUT2D eigenvalue weighted by molar-refractivity contribution is -0.117. The van der Waals surface area contributed by atoms with Crippen LogP contribution in [0.5, 0.6) is 0 Å². The zero-order valence-electron chi connectivity index (χ0n) is 8.23. The molecule has 76 valence electrons. The maximum Gasteiger partial charge on any atom is 0.240 e. The van der Waals surface area contributed by atoms with Crippen molar-refractivity contribution in [3.63, 3.8) is 0 Å². The smallest absolute Gasteiger partial charge is 0.240 e. The van der Waals surface area contributed by atoms with Crippen molar-refractivity contribution in [2.45, 2.75) is 12.8 Å². The number of aryl methyl sites for hydroxylation is 2. The molecule has 0 atom stereocenters. The summed E-state index contributed by atoms with van der Waals surface area (Å²) in [6, 6.07) is 0. The van der Waals surface area contributed by atoms with Gasteiger partial charge in [0, 0.05) is 19.8 Å². The third-order valence-corrected chi connectivity index (χ3v) is 2.45. The van der Waals surface area contributed by atoms with E-state index in [1.54, 1.807) is 9.58 Å². The fourth-order valence-electron chi connectivity index (χ4n) is 1.82. The van der Waals surface area contributed by atoms with Crippen LogP contribution in [0.25, 0.3) is 0 Å². The number of nitrogens with zero attached hydrogens (tertiary/aromatic N) is 3. The van der Waals surface area contributed by atoms with Crippen molar-refractivity contribution in [3.8, 4) is 0 Å². The fraction of sp³-hybridized carbons (Fsp3) is 0.556. The third-order valence-electron chi connectivity index (χ3n) is 2.45. The summed E-state index contributed by atoms with van der Waals surface area (Å²) in [6.07, 6.45) is 3.79. The Morgan fingerprint density at radius 2 is 2.50 bits per heavy atom. The standard InChI is InChI=1S/C9H14N4O/c1-12-6-8-7(11-12)3-2-4-13(8)9(14)5-10/h6H,2-5,10H2,1H3. The lowest BCUT2D eigenvalue weighted by atomic mass is 10.1. The van der Waals surface area contributed by atoms with Crippen LogP contribution in [0.3, 0.4) is 0 Å². The highest BCUT2D eigenvalue weighted by atomic mass is 16.2. The average Bonchev–Trinajstić information content (AvgIpc) is 2.56. The summed E-state index contributed by atoms with van der Waals surface area (Å²) in [4.78, 5) is 13.2. The number of rotatable bonds is 1. The molecule has 1 aliphatic rings. The SMILES string of the molecule is Cn1cc2c(n1)CCCN2C(=O)CN. The molecule has 1 aromatic heterocycles. The van der Waals surface area contributed by atoms with Crippen molar-refractivity contribution >= 4 is 11.6 Å². The molecule has 5 heteroatoms. The van der Waals surface area contributed by atoms with E-state index < -0.39 is 0 Å². The lowest BCUT2D eigenvalue weighted by Crippen LogP contribution is -2.39. The summed E-state index contributed by atoms with van der Waals surface area (Å²) in [5, 5.41) is 4.30. The second-order valence-corrected chi connectivity index (χ2v) is 3.49. The highest BCUT2D eigenvalue weighted by molar-refractivity contribution is 5.95. The van der Waals surface area contributed by atoms with Crippen molar-refractivity contribution in [2.75, 3.05) is 18.0 Å². The number of hydrogen-bond donors (Lipinski definition) is 1. The van der Waals surface area contributed by atoms with Gasteiger partial charge in [0.15, 0.2) is 0 Å². The number of carbonyl (C=O) groups is 1. The molecule has 2 rings (SSSR count). The molecule has 14 heavy (non-hydrogen) atoms. The van der Waals surface area contributed by atoms with Gasteiger partial charge in [-0.1, -0.05) is 0 Å². The molecule has 5 nitrogen and oxygen atoms in total. The van der Waals surface area contributed by atoms with Gasteiger partial charge >= 0.3 is 0 Å². The Bertz CT molecular complexity index is 358. The van der Waals surface area contributed by atoms with Crippen LogP contribution in [0, 0.1) is 0 Å². The Labute approximate surface area is 82.5 Å². The summed E-state index contributed by atoms with van der Waals surface area (Å²) >= 11 is 0. The van der Waals surface area contributed by atoms with Crippen LogP contribution >= 0.6 is 0 Å². The van der Waals surface area contributed by atoms with E-state index in [0.717, 1.165) is 30.8 Å². The molecule has 0 unspecified atom stereocenters. The van der Waals surface area contributed by atoms with Gasteiger partial charge in [0.25, 0.3) is 0 Å². The number of nitrogens with two attached hydrogens (primary N) is 1. The summed E-state index contributed by atoms with van der Waals surface area (Å²) < 4.78 is 1.74. The highest BCUT2D eigenvalue weighted by Gasteiger charge is 2.23. The normalized spacial score (nSPS) is 15.4.